The van der Waals surface area contributed by atoms with E-state index in [9.17, 15) is 4.79 Å². The maximum Gasteiger partial charge on any atom is 0.240 e. The fraction of sp³-hybridized carbons (Fsp3) is 0.556. The zero-order valence-electron chi connectivity index (χ0n) is 14.2. The number of hydrogen-bond acceptors (Lipinski definition) is 3. The second kappa shape index (κ2) is 7.99. The lowest BCUT2D eigenvalue weighted by molar-refractivity contribution is -0.121. The normalized spacial score (nSPS) is 16.0. The van der Waals surface area contributed by atoms with Crippen LogP contribution in [-0.4, -0.2) is 46.5 Å². The first-order valence-corrected chi connectivity index (χ1v) is 9.08. The Labute approximate surface area is 148 Å². The van der Waals surface area contributed by atoms with Crippen LogP contribution in [0, 0.1) is 0 Å². The molecule has 0 radical (unpaired) electrons. The van der Waals surface area contributed by atoms with Gasteiger partial charge in [0.05, 0.1) is 17.4 Å². The van der Waals surface area contributed by atoms with Crippen LogP contribution in [-0.2, 0) is 11.3 Å². The van der Waals surface area contributed by atoms with Crippen molar-refractivity contribution in [2.45, 2.75) is 44.7 Å². The SMILES string of the molecule is CN(CCNC(=O)Cn1cnc2cc(Cl)ccc21)C1CCCCC1. The number of halogens is 1. The summed E-state index contributed by atoms with van der Waals surface area (Å²) in [4.78, 5) is 18.9. The minimum absolute atomic E-state index is 0.0151. The number of nitrogens with one attached hydrogen (secondary N) is 1. The topological polar surface area (TPSA) is 50.2 Å². The van der Waals surface area contributed by atoms with E-state index in [1.165, 1.54) is 32.1 Å². The third-order valence-corrected chi connectivity index (χ3v) is 5.12. The molecule has 0 spiro atoms. The molecule has 0 bridgehead atoms. The van der Waals surface area contributed by atoms with Crippen molar-refractivity contribution in [2.24, 2.45) is 0 Å². The van der Waals surface area contributed by atoms with Crippen molar-refractivity contribution in [3.05, 3.63) is 29.5 Å². The lowest BCUT2D eigenvalue weighted by atomic mass is 9.94. The molecular weight excluding hydrogens is 324 g/mol. The molecule has 3 rings (SSSR count). The second-order valence-corrected chi connectivity index (χ2v) is 7.06. The van der Waals surface area contributed by atoms with Gasteiger partial charge in [0.1, 0.15) is 6.54 Å². The Kier molecular flexibility index (Phi) is 5.74. The van der Waals surface area contributed by atoms with Gasteiger partial charge >= 0.3 is 0 Å². The van der Waals surface area contributed by atoms with Crippen molar-refractivity contribution in [2.75, 3.05) is 20.1 Å². The van der Waals surface area contributed by atoms with Crippen molar-refractivity contribution in [1.82, 2.24) is 19.8 Å². The van der Waals surface area contributed by atoms with Gasteiger partial charge in [-0.15, -0.1) is 0 Å². The molecule has 5 nitrogen and oxygen atoms in total. The van der Waals surface area contributed by atoms with Gasteiger partial charge in [0, 0.05) is 24.2 Å². The van der Waals surface area contributed by atoms with E-state index >= 15 is 0 Å². The molecule has 1 amide bonds. The van der Waals surface area contributed by atoms with Crippen LogP contribution >= 0.6 is 11.6 Å². The van der Waals surface area contributed by atoms with Crippen molar-refractivity contribution in [1.29, 1.82) is 0 Å². The number of benzene rings is 1. The van der Waals surface area contributed by atoms with Gasteiger partial charge in [-0.2, -0.15) is 0 Å². The van der Waals surface area contributed by atoms with Gasteiger partial charge in [-0.25, -0.2) is 4.98 Å². The molecule has 1 saturated carbocycles. The van der Waals surface area contributed by atoms with Crippen LogP contribution in [0.15, 0.2) is 24.5 Å². The summed E-state index contributed by atoms with van der Waals surface area (Å²) in [6.07, 6.45) is 8.29. The number of hydrogen-bond donors (Lipinski definition) is 1. The smallest absolute Gasteiger partial charge is 0.240 e. The average molecular weight is 349 g/mol. The number of aromatic nitrogens is 2. The van der Waals surface area contributed by atoms with E-state index in [0.29, 0.717) is 17.6 Å². The molecule has 0 saturated heterocycles. The molecule has 1 fully saturated rings. The fourth-order valence-corrected chi connectivity index (χ4v) is 3.62. The van der Waals surface area contributed by atoms with Gasteiger partial charge in [0.25, 0.3) is 0 Å². The molecule has 0 atom stereocenters. The van der Waals surface area contributed by atoms with Crippen LogP contribution in [0.1, 0.15) is 32.1 Å². The average Bonchev–Trinajstić information content (AvgIpc) is 2.97. The summed E-state index contributed by atoms with van der Waals surface area (Å²) >= 11 is 5.96. The Morgan fingerprint density at radius 1 is 1.38 bits per heavy atom. The number of fused-ring (bicyclic) bond motifs is 1. The van der Waals surface area contributed by atoms with E-state index in [0.717, 1.165) is 17.6 Å². The third-order valence-electron chi connectivity index (χ3n) is 4.88. The molecule has 1 heterocycles. The minimum atomic E-state index is 0.0151. The number of imidazole rings is 1. The Hall–Kier alpha value is -1.59. The zero-order valence-corrected chi connectivity index (χ0v) is 14.9. The first kappa shape index (κ1) is 17.2. The predicted molar refractivity (Wildman–Crippen MR) is 97.3 cm³/mol. The lowest BCUT2D eigenvalue weighted by Crippen LogP contribution is -2.40. The van der Waals surface area contributed by atoms with Gasteiger partial charge in [-0.3, -0.25) is 4.79 Å². The fourth-order valence-electron chi connectivity index (χ4n) is 3.45. The number of likely N-dealkylation sites (N-methyl/N-ethyl adjacent to an activating group) is 1. The second-order valence-electron chi connectivity index (χ2n) is 6.63. The standard InChI is InChI=1S/C18H25ClN4O/c1-22(15-5-3-2-4-6-15)10-9-20-18(24)12-23-13-21-16-11-14(19)7-8-17(16)23/h7-8,11,13,15H,2-6,9-10,12H2,1H3,(H,20,24). The highest BCUT2D eigenvalue weighted by Gasteiger charge is 2.17. The van der Waals surface area contributed by atoms with Crippen LogP contribution in [0.5, 0.6) is 0 Å². The van der Waals surface area contributed by atoms with Crippen LogP contribution < -0.4 is 5.32 Å². The molecular formula is C18H25ClN4O. The quantitative estimate of drug-likeness (QED) is 0.872. The largest absolute Gasteiger partial charge is 0.353 e. The zero-order chi connectivity index (χ0) is 16.9. The first-order valence-electron chi connectivity index (χ1n) is 8.71. The summed E-state index contributed by atoms with van der Waals surface area (Å²) in [7, 11) is 2.16. The van der Waals surface area contributed by atoms with Crippen LogP contribution in [0.4, 0.5) is 0 Å². The van der Waals surface area contributed by atoms with Gasteiger partial charge in [0.15, 0.2) is 0 Å². The number of nitrogens with zero attached hydrogens (tertiary/aromatic N) is 3. The molecule has 0 unspecified atom stereocenters. The van der Waals surface area contributed by atoms with E-state index in [2.05, 4.69) is 22.2 Å². The maximum atomic E-state index is 12.2. The van der Waals surface area contributed by atoms with E-state index in [1.54, 1.807) is 6.33 Å². The van der Waals surface area contributed by atoms with E-state index in [4.69, 9.17) is 11.6 Å². The summed E-state index contributed by atoms with van der Waals surface area (Å²) in [5.74, 6) is 0.0151. The predicted octanol–water partition coefficient (Wildman–Crippen LogP) is 3.07. The number of rotatable bonds is 6. The van der Waals surface area contributed by atoms with Crippen LogP contribution in [0.3, 0.4) is 0 Å². The summed E-state index contributed by atoms with van der Waals surface area (Å²) in [5.41, 5.74) is 1.74. The number of carbonyl (C=O) groups is 1. The molecule has 24 heavy (non-hydrogen) atoms. The molecule has 1 aromatic carbocycles. The summed E-state index contributed by atoms with van der Waals surface area (Å²) < 4.78 is 1.85. The molecule has 6 heteroatoms. The summed E-state index contributed by atoms with van der Waals surface area (Å²) in [5, 5.41) is 3.67. The van der Waals surface area contributed by atoms with Crippen LogP contribution in [0.25, 0.3) is 11.0 Å². The summed E-state index contributed by atoms with van der Waals surface area (Å²) in [6.45, 7) is 1.87. The van der Waals surface area contributed by atoms with Gasteiger partial charge in [-0.05, 0) is 38.1 Å². The van der Waals surface area contributed by atoms with E-state index in [-0.39, 0.29) is 12.5 Å². The van der Waals surface area contributed by atoms with Crippen molar-refractivity contribution >= 4 is 28.5 Å². The Morgan fingerprint density at radius 2 is 2.17 bits per heavy atom. The van der Waals surface area contributed by atoms with Crippen LogP contribution in [0.2, 0.25) is 5.02 Å². The molecule has 1 N–H and O–H groups in total. The van der Waals surface area contributed by atoms with Gasteiger partial charge in [-0.1, -0.05) is 30.9 Å². The molecule has 2 aromatic rings. The van der Waals surface area contributed by atoms with Crippen molar-refractivity contribution < 1.29 is 4.79 Å². The highest BCUT2D eigenvalue weighted by molar-refractivity contribution is 6.31. The van der Waals surface area contributed by atoms with E-state index < -0.39 is 0 Å². The Balaban J connectivity index is 1.46. The summed E-state index contributed by atoms with van der Waals surface area (Å²) in [6, 6.07) is 6.20. The molecule has 1 aliphatic carbocycles. The molecule has 1 aliphatic rings. The van der Waals surface area contributed by atoms with Gasteiger partial charge in [0.2, 0.25) is 5.91 Å². The minimum Gasteiger partial charge on any atom is -0.353 e. The van der Waals surface area contributed by atoms with Gasteiger partial charge < -0.3 is 14.8 Å². The monoisotopic (exact) mass is 348 g/mol. The molecule has 0 aliphatic heterocycles. The molecule has 1 aromatic heterocycles. The number of amides is 1. The highest BCUT2D eigenvalue weighted by Crippen LogP contribution is 2.21. The van der Waals surface area contributed by atoms with Crippen molar-refractivity contribution in [3.63, 3.8) is 0 Å². The highest BCUT2D eigenvalue weighted by atomic mass is 35.5. The molecule has 130 valence electrons. The maximum absolute atomic E-state index is 12.2. The third kappa shape index (κ3) is 4.28. The van der Waals surface area contributed by atoms with Crippen molar-refractivity contribution in [3.8, 4) is 0 Å². The van der Waals surface area contributed by atoms with E-state index in [1.807, 2.05) is 22.8 Å². The first-order chi connectivity index (χ1) is 11.6. The Bertz CT molecular complexity index is 693. The lowest BCUT2D eigenvalue weighted by Gasteiger charge is -2.31. The Morgan fingerprint density at radius 3 is 2.96 bits per heavy atom. The number of carbonyl (C=O) groups excluding carboxylic acids is 1.